The molecule has 1 heterocycles. The summed E-state index contributed by atoms with van der Waals surface area (Å²) < 4.78 is 0. The van der Waals surface area contributed by atoms with Gasteiger partial charge in [-0.3, -0.25) is 14.6 Å². The third kappa shape index (κ3) is 4.53. The predicted octanol–water partition coefficient (Wildman–Crippen LogP) is 0.621. The second kappa shape index (κ2) is 7.73. The highest BCUT2D eigenvalue weighted by Gasteiger charge is 2.23. The van der Waals surface area contributed by atoms with Gasteiger partial charge in [0.05, 0.1) is 6.61 Å². The van der Waals surface area contributed by atoms with Gasteiger partial charge in [-0.05, 0) is 25.0 Å². The highest BCUT2D eigenvalue weighted by atomic mass is 16.3. The first-order valence-corrected chi connectivity index (χ1v) is 7.33. The fraction of sp³-hybridized carbons (Fsp3) is 0.533. The SMILES string of the molecule is O=C(NC(CO)C(=O)NC1CCCCC1)c1ccncc1. The average molecular weight is 291 g/mol. The highest BCUT2D eigenvalue weighted by molar-refractivity contribution is 5.97. The van der Waals surface area contributed by atoms with Crippen LogP contribution in [0.2, 0.25) is 0 Å². The quantitative estimate of drug-likeness (QED) is 0.741. The molecule has 0 spiro atoms. The lowest BCUT2D eigenvalue weighted by Gasteiger charge is -2.25. The summed E-state index contributed by atoms with van der Waals surface area (Å²) in [4.78, 5) is 27.9. The Morgan fingerprint density at radius 3 is 2.52 bits per heavy atom. The van der Waals surface area contributed by atoms with Crippen molar-refractivity contribution in [1.82, 2.24) is 15.6 Å². The van der Waals surface area contributed by atoms with E-state index in [1.54, 1.807) is 12.1 Å². The number of hydrogen-bond acceptors (Lipinski definition) is 4. The lowest BCUT2D eigenvalue weighted by molar-refractivity contribution is -0.124. The van der Waals surface area contributed by atoms with Crippen LogP contribution >= 0.6 is 0 Å². The monoisotopic (exact) mass is 291 g/mol. The van der Waals surface area contributed by atoms with E-state index in [0.29, 0.717) is 5.56 Å². The van der Waals surface area contributed by atoms with Gasteiger partial charge >= 0.3 is 0 Å². The van der Waals surface area contributed by atoms with Gasteiger partial charge in [-0.2, -0.15) is 0 Å². The summed E-state index contributed by atoms with van der Waals surface area (Å²) in [5.74, 6) is -0.720. The fourth-order valence-electron chi connectivity index (χ4n) is 2.49. The topological polar surface area (TPSA) is 91.3 Å². The summed E-state index contributed by atoms with van der Waals surface area (Å²) in [6.07, 6.45) is 8.35. The molecule has 6 nitrogen and oxygen atoms in total. The van der Waals surface area contributed by atoms with E-state index in [1.807, 2.05) is 0 Å². The molecule has 0 aliphatic heterocycles. The van der Waals surface area contributed by atoms with Crippen molar-refractivity contribution in [2.24, 2.45) is 0 Å². The first kappa shape index (κ1) is 15.4. The lowest BCUT2D eigenvalue weighted by atomic mass is 9.95. The molecule has 0 aromatic carbocycles. The zero-order valence-corrected chi connectivity index (χ0v) is 11.9. The van der Waals surface area contributed by atoms with E-state index in [2.05, 4.69) is 15.6 Å². The van der Waals surface area contributed by atoms with E-state index < -0.39 is 18.6 Å². The number of nitrogens with one attached hydrogen (secondary N) is 2. The van der Waals surface area contributed by atoms with Crippen molar-refractivity contribution < 1.29 is 14.7 Å². The number of amides is 2. The van der Waals surface area contributed by atoms with E-state index in [0.717, 1.165) is 25.7 Å². The lowest BCUT2D eigenvalue weighted by Crippen LogP contribution is -2.51. The molecular formula is C15H21N3O3. The molecule has 3 N–H and O–H groups in total. The maximum atomic E-state index is 12.1. The predicted molar refractivity (Wildman–Crippen MR) is 77.6 cm³/mol. The van der Waals surface area contributed by atoms with Gasteiger partial charge in [-0.25, -0.2) is 0 Å². The van der Waals surface area contributed by atoms with Crippen LogP contribution in [0.25, 0.3) is 0 Å². The molecule has 1 saturated carbocycles. The van der Waals surface area contributed by atoms with Gasteiger partial charge in [0, 0.05) is 24.0 Å². The van der Waals surface area contributed by atoms with Crippen molar-refractivity contribution in [3.8, 4) is 0 Å². The Morgan fingerprint density at radius 2 is 1.90 bits per heavy atom. The molecule has 0 bridgehead atoms. The Kier molecular flexibility index (Phi) is 5.68. The molecule has 1 aliphatic carbocycles. The van der Waals surface area contributed by atoms with Gasteiger partial charge in [0.15, 0.2) is 0 Å². The highest BCUT2D eigenvalue weighted by Crippen LogP contribution is 2.17. The molecular weight excluding hydrogens is 270 g/mol. The number of pyridine rings is 1. The minimum absolute atomic E-state index is 0.151. The maximum Gasteiger partial charge on any atom is 0.252 e. The van der Waals surface area contributed by atoms with Crippen molar-refractivity contribution >= 4 is 11.8 Å². The van der Waals surface area contributed by atoms with E-state index >= 15 is 0 Å². The molecule has 1 fully saturated rings. The largest absolute Gasteiger partial charge is 0.394 e. The van der Waals surface area contributed by atoms with Crippen LogP contribution in [0.4, 0.5) is 0 Å². The molecule has 6 heteroatoms. The number of carbonyl (C=O) groups excluding carboxylic acids is 2. The number of aromatic nitrogens is 1. The molecule has 1 aromatic rings. The van der Waals surface area contributed by atoms with Crippen LogP contribution in [-0.2, 0) is 4.79 Å². The van der Waals surface area contributed by atoms with Gasteiger partial charge in [0.2, 0.25) is 5.91 Å². The van der Waals surface area contributed by atoms with Crippen LogP contribution in [0, 0.1) is 0 Å². The summed E-state index contributed by atoms with van der Waals surface area (Å²) >= 11 is 0. The molecule has 21 heavy (non-hydrogen) atoms. The van der Waals surface area contributed by atoms with Crippen LogP contribution in [0.1, 0.15) is 42.5 Å². The van der Waals surface area contributed by atoms with Crippen molar-refractivity contribution in [3.05, 3.63) is 30.1 Å². The molecule has 0 saturated heterocycles. The van der Waals surface area contributed by atoms with Gasteiger partial charge in [0.25, 0.3) is 5.91 Å². The average Bonchev–Trinajstić information content (AvgIpc) is 2.54. The van der Waals surface area contributed by atoms with Crippen molar-refractivity contribution in [3.63, 3.8) is 0 Å². The number of rotatable bonds is 5. The van der Waals surface area contributed by atoms with Gasteiger partial charge in [-0.1, -0.05) is 19.3 Å². The third-order valence-corrected chi connectivity index (χ3v) is 3.70. The number of hydrogen-bond donors (Lipinski definition) is 3. The fourth-order valence-corrected chi connectivity index (χ4v) is 2.49. The summed E-state index contributed by atoms with van der Waals surface area (Å²) in [5.41, 5.74) is 0.411. The second-order valence-corrected chi connectivity index (χ2v) is 5.29. The zero-order valence-electron chi connectivity index (χ0n) is 11.9. The molecule has 1 aliphatic rings. The smallest absolute Gasteiger partial charge is 0.252 e. The minimum Gasteiger partial charge on any atom is -0.394 e. The zero-order chi connectivity index (χ0) is 15.1. The first-order chi connectivity index (χ1) is 10.2. The molecule has 0 radical (unpaired) electrons. The van der Waals surface area contributed by atoms with Crippen LogP contribution in [0.15, 0.2) is 24.5 Å². The Bertz CT molecular complexity index is 472. The van der Waals surface area contributed by atoms with Crippen LogP contribution < -0.4 is 10.6 Å². The molecule has 1 unspecified atom stereocenters. The number of aliphatic hydroxyl groups excluding tert-OH is 1. The second-order valence-electron chi connectivity index (χ2n) is 5.29. The summed E-state index contributed by atoms with van der Waals surface area (Å²) in [7, 11) is 0. The summed E-state index contributed by atoms with van der Waals surface area (Å²) in [6.45, 7) is -0.421. The van der Waals surface area contributed by atoms with Crippen molar-refractivity contribution in [2.45, 2.75) is 44.2 Å². The molecule has 114 valence electrons. The van der Waals surface area contributed by atoms with Crippen LogP contribution in [0.5, 0.6) is 0 Å². The Hall–Kier alpha value is -1.95. The summed E-state index contributed by atoms with van der Waals surface area (Å²) in [6, 6.07) is 2.34. The van der Waals surface area contributed by atoms with Gasteiger partial charge < -0.3 is 15.7 Å². The Labute approximate surface area is 124 Å². The number of aliphatic hydroxyl groups is 1. The number of carbonyl (C=O) groups is 2. The molecule has 1 aromatic heterocycles. The Morgan fingerprint density at radius 1 is 1.24 bits per heavy atom. The Balaban J connectivity index is 1.89. The normalized spacial score (nSPS) is 17.0. The minimum atomic E-state index is -0.924. The van der Waals surface area contributed by atoms with Gasteiger partial charge in [-0.15, -0.1) is 0 Å². The van der Waals surface area contributed by atoms with Crippen molar-refractivity contribution in [1.29, 1.82) is 0 Å². The van der Waals surface area contributed by atoms with Gasteiger partial charge in [0.1, 0.15) is 6.04 Å². The van der Waals surface area contributed by atoms with E-state index in [9.17, 15) is 14.7 Å². The molecule has 2 amide bonds. The molecule has 2 rings (SSSR count). The summed E-state index contributed by atoms with van der Waals surface area (Å²) in [5, 5.41) is 14.8. The maximum absolute atomic E-state index is 12.1. The van der Waals surface area contributed by atoms with Crippen LogP contribution in [0.3, 0.4) is 0 Å². The van der Waals surface area contributed by atoms with Crippen LogP contribution in [-0.4, -0.2) is 40.6 Å². The van der Waals surface area contributed by atoms with Crippen molar-refractivity contribution in [2.75, 3.05) is 6.61 Å². The molecule has 1 atom stereocenters. The number of nitrogens with zero attached hydrogens (tertiary/aromatic N) is 1. The first-order valence-electron chi connectivity index (χ1n) is 7.33. The van der Waals surface area contributed by atoms with E-state index in [4.69, 9.17) is 0 Å². The van der Waals surface area contributed by atoms with E-state index in [-0.39, 0.29) is 11.9 Å². The third-order valence-electron chi connectivity index (χ3n) is 3.70. The standard InChI is InChI=1S/C15H21N3O3/c19-10-13(15(21)17-12-4-2-1-3-5-12)18-14(20)11-6-8-16-9-7-11/h6-9,12-13,19H,1-5,10H2,(H,17,21)(H,18,20). The van der Waals surface area contributed by atoms with E-state index in [1.165, 1.54) is 18.8 Å².